The number of amides is 1. The van der Waals surface area contributed by atoms with E-state index < -0.39 is 26.6 Å². The molecule has 2 N–H and O–H groups in total. The summed E-state index contributed by atoms with van der Waals surface area (Å²) in [5, 5.41) is 13.8. The van der Waals surface area contributed by atoms with Gasteiger partial charge in [0.05, 0.1) is 39.9 Å². The van der Waals surface area contributed by atoms with Crippen LogP contribution in [-0.2, 0) is 18.4 Å². The first kappa shape index (κ1) is 63.5. The van der Waals surface area contributed by atoms with Crippen LogP contribution in [0.15, 0.2) is 48.6 Å². The first-order valence-corrected chi connectivity index (χ1v) is 29.0. The average molecular weight is 935 g/mol. The number of carbonyl (C=O) groups is 1. The third-order valence-corrected chi connectivity index (χ3v) is 13.2. The van der Waals surface area contributed by atoms with Crippen LogP contribution in [0.4, 0.5) is 0 Å². The summed E-state index contributed by atoms with van der Waals surface area (Å²) in [6.45, 7) is 4.58. The van der Waals surface area contributed by atoms with Crippen LogP contribution in [-0.4, -0.2) is 68.5 Å². The van der Waals surface area contributed by atoms with E-state index in [1.165, 1.54) is 180 Å². The molecule has 0 aliphatic carbocycles. The second kappa shape index (κ2) is 47.5. The van der Waals surface area contributed by atoms with Crippen molar-refractivity contribution in [2.75, 3.05) is 40.9 Å². The molecule has 9 heteroatoms. The number of phosphoric acid groups is 1. The summed E-state index contributed by atoms with van der Waals surface area (Å²) in [7, 11) is 1.24. The van der Waals surface area contributed by atoms with Crippen LogP contribution in [0, 0.1) is 0 Å². The lowest BCUT2D eigenvalue weighted by Crippen LogP contribution is -2.45. The van der Waals surface area contributed by atoms with Crippen molar-refractivity contribution in [1.82, 2.24) is 5.32 Å². The monoisotopic (exact) mass is 935 g/mol. The van der Waals surface area contributed by atoms with Gasteiger partial charge < -0.3 is 28.8 Å². The van der Waals surface area contributed by atoms with Crippen LogP contribution in [0.25, 0.3) is 0 Å². The molecule has 0 bridgehead atoms. The zero-order valence-electron chi connectivity index (χ0n) is 43.4. The summed E-state index contributed by atoms with van der Waals surface area (Å²) in [5.74, 6) is -0.211. The molecule has 0 aromatic rings. The third kappa shape index (κ3) is 50.2. The Hall–Kier alpha value is -1.54. The molecular formula is C56H107N2O6P. The summed E-state index contributed by atoms with van der Waals surface area (Å²) in [5.41, 5.74) is 0. The SMILES string of the molecule is CCCC/C=C/CC/C=C/CC/C=C/C(O)C(COP(=O)([O-])OCC[N+](C)(C)C)NC(=O)CCCCCCCCCCCCCCCCC/C=C\CCCCCCCCCCCCCC. The molecule has 0 aliphatic heterocycles. The highest BCUT2D eigenvalue weighted by atomic mass is 31.2. The van der Waals surface area contributed by atoms with Crippen LogP contribution in [0.5, 0.6) is 0 Å². The van der Waals surface area contributed by atoms with E-state index in [0.717, 1.165) is 51.4 Å². The van der Waals surface area contributed by atoms with E-state index in [4.69, 9.17) is 9.05 Å². The van der Waals surface area contributed by atoms with Crippen LogP contribution in [0.3, 0.4) is 0 Å². The highest BCUT2D eigenvalue weighted by molar-refractivity contribution is 7.45. The van der Waals surface area contributed by atoms with Crippen molar-refractivity contribution in [3.63, 3.8) is 0 Å². The summed E-state index contributed by atoms with van der Waals surface area (Å²) < 4.78 is 23.2. The molecule has 0 aromatic heterocycles. The molecule has 382 valence electrons. The first-order valence-electron chi connectivity index (χ1n) is 27.5. The molecule has 8 nitrogen and oxygen atoms in total. The molecule has 0 saturated heterocycles. The van der Waals surface area contributed by atoms with E-state index in [1.54, 1.807) is 6.08 Å². The Morgan fingerprint density at radius 2 is 0.877 bits per heavy atom. The van der Waals surface area contributed by atoms with E-state index in [0.29, 0.717) is 17.4 Å². The molecule has 0 radical (unpaired) electrons. The highest BCUT2D eigenvalue weighted by Gasteiger charge is 2.23. The molecule has 0 fully saturated rings. The van der Waals surface area contributed by atoms with Crippen LogP contribution in [0.1, 0.15) is 251 Å². The van der Waals surface area contributed by atoms with Crippen LogP contribution >= 0.6 is 7.82 Å². The predicted molar refractivity (Wildman–Crippen MR) is 279 cm³/mol. The number of quaternary nitrogens is 1. The topological polar surface area (TPSA) is 108 Å². The van der Waals surface area contributed by atoms with Gasteiger partial charge in [0, 0.05) is 6.42 Å². The first-order chi connectivity index (χ1) is 31.5. The fourth-order valence-electron chi connectivity index (χ4n) is 7.87. The summed E-state index contributed by atoms with van der Waals surface area (Å²) in [6, 6.07) is -0.908. The number of nitrogens with zero attached hydrogens (tertiary/aromatic N) is 1. The molecule has 1 amide bonds. The highest BCUT2D eigenvalue weighted by Crippen LogP contribution is 2.38. The fourth-order valence-corrected chi connectivity index (χ4v) is 8.60. The lowest BCUT2D eigenvalue weighted by atomic mass is 10.0. The van der Waals surface area contributed by atoms with Crippen molar-refractivity contribution in [3.8, 4) is 0 Å². The number of hydrogen-bond acceptors (Lipinski definition) is 6. The van der Waals surface area contributed by atoms with Crippen molar-refractivity contribution < 1.29 is 32.9 Å². The van der Waals surface area contributed by atoms with E-state index in [1.807, 2.05) is 27.2 Å². The number of phosphoric ester groups is 1. The maximum atomic E-state index is 12.9. The van der Waals surface area contributed by atoms with E-state index in [9.17, 15) is 19.4 Å². The van der Waals surface area contributed by atoms with Gasteiger partial charge in [-0.25, -0.2) is 0 Å². The molecule has 0 rings (SSSR count). The number of hydrogen-bond donors (Lipinski definition) is 2. The van der Waals surface area contributed by atoms with Gasteiger partial charge in [-0.1, -0.05) is 229 Å². The van der Waals surface area contributed by atoms with Gasteiger partial charge in [0.25, 0.3) is 7.82 Å². The lowest BCUT2D eigenvalue weighted by Gasteiger charge is -2.29. The summed E-state index contributed by atoms with van der Waals surface area (Å²) in [4.78, 5) is 25.4. The minimum atomic E-state index is -4.60. The normalized spacial score (nSPS) is 14.4. The molecule has 0 aliphatic rings. The largest absolute Gasteiger partial charge is 0.756 e. The van der Waals surface area contributed by atoms with Gasteiger partial charge in [0.2, 0.25) is 5.91 Å². The summed E-state index contributed by atoms with van der Waals surface area (Å²) >= 11 is 0. The second-order valence-electron chi connectivity index (χ2n) is 19.9. The molecule has 0 saturated carbocycles. The zero-order valence-corrected chi connectivity index (χ0v) is 44.3. The number of aliphatic hydroxyl groups is 1. The van der Waals surface area contributed by atoms with Crippen molar-refractivity contribution in [1.29, 1.82) is 0 Å². The van der Waals surface area contributed by atoms with Gasteiger partial charge in [-0.3, -0.25) is 9.36 Å². The van der Waals surface area contributed by atoms with Crippen molar-refractivity contribution in [3.05, 3.63) is 48.6 Å². The van der Waals surface area contributed by atoms with E-state index in [2.05, 4.69) is 55.6 Å². The summed E-state index contributed by atoms with van der Waals surface area (Å²) in [6.07, 6.45) is 62.1. The maximum absolute atomic E-state index is 12.9. The standard InChI is InChI=1S/C56H107N2O6P/c1-6-8-10-12-14-16-18-20-21-22-23-24-25-26-27-28-29-30-31-32-33-34-35-36-37-38-40-42-44-46-48-50-56(60)57-54(53-64-65(61,62)63-52-51-58(3,4)5)55(59)49-47-45-43-41-39-19-17-15-13-11-9-7-2/h13,15,26-27,39,41,47,49,54-55,59H,6-12,14,16-25,28-38,40,42-46,48,50-53H2,1-5H3,(H-,57,60,61,62)/b15-13+,27-26-,41-39+,49-47+. The Balaban J connectivity index is 4.05. The lowest BCUT2D eigenvalue weighted by molar-refractivity contribution is -0.870. The predicted octanol–water partition coefficient (Wildman–Crippen LogP) is 15.7. The van der Waals surface area contributed by atoms with Crippen molar-refractivity contribution in [2.45, 2.75) is 264 Å². The molecule has 65 heavy (non-hydrogen) atoms. The number of likely N-dealkylation sites (N-methyl/N-ethyl adjacent to an activating group) is 1. The Morgan fingerprint density at radius 1 is 0.523 bits per heavy atom. The Labute approximate surface area is 403 Å². The van der Waals surface area contributed by atoms with Gasteiger partial charge in [0.15, 0.2) is 0 Å². The Morgan fingerprint density at radius 3 is 1.29 bits per heavy atom. The second-order valence-corrected chi connectivity index (χ2v) is 21.3. The van der Waals surface area contributed by atoms with Gasteiger partial charge in [-0.2, -0.15) is 0 Å². The number of unbranched alkanes of at least 4 members (excludes halogenated alkanes) is 31. The smallest absolute Gasteiger partial charge is 0.268 e. The van der Waals surface area contributed by atoms with Crippen LogP contribution in [0.2, 0.25) is 0 Å². The number of nitrogens with one attached hydrogen (secondary N) is 1. The zero-order chi connectivity index (χ0) is 47.8. The Kier molecular flexibility index (Phi) is 46.4. The number of allylic oxidation sites excluding steroid dienone is 7. The van der Waals surface area contributed by atoms with E-state index in [-0.39, 0.29) is 12.5 Å². The van der Waals surface area contributed by atoms with Gasteiger partial charge in [-0.15, -0.1) is 0 Å². The molecule has 0 aromatic carbocycles. The van der Waals surface area contributed by atoms with Crippen LogP contribution < -0.4 is 10.2 Å². The molecular weight excluding hydrogens is 828 g/mol. The number of rotatable bonds is 50. The number of carbonyl (C=O) groups excluding carboxylic acids is 1. The molecule has 0 spiro atoms. The third-order valence-electron chi connectivity index (χ3n) is 12.2. The van der Waals surface area contributed by atoms with Crippen molar-refractivity contribution in [2.24, 2.45) is 0 Å². The maximum Gasteiger partial charge on any atom is 0.268 e. The minimum Gasteiger partial charge on any atom is -0.756 e. The molecule has 0 heterocycles. The van der Waals surface area contributed by atoms with Gasteiger partial charge in [0.1, 0.15) is 13.2 Å². The molecule has 3 unspecified atom stereocenters. The fraction of sp³-hybridized carbons (Fsp3) is 0.839. The number of aliphatic hydroxyl groups excluding tert-OH is 1. The van der Waals surface area contributed by atoms with Gasteiger partial charge in [-0.05, 0) is 64.2 Å². The minimum absolute atomic E-state index is 0.00924. The van der Waals surface area contributed by atoms with Crippen molar-refractivity contribution >= 4 is 13.7 Å². The van der Waals surface area contributed by atoms with Gasteiger partial charge >= 0.3 is 0 Å². The molecule has 3 atom stereocenters. The average Bonchev–Trinajstić information content (AvgIpc) is 3.26. The quantitative estimate of drug-likeness (QED) is 0.0272. The van der Waals surface area contributed by atoms with E-state index >= 15 is 0 Å². The Bertz CT molecular complexity index is 1200.